The lowest BCUT2D eigenvalue weighted by atomic mass is 10.0. The van der Waals surface area contributed by atoms with E-state index in [0.717, 1.165) is 18.1 Å². The van der Waals surface area contributed by atoms with Crippen LogP contribution in [0.2, 0.25) is 0 Å². The average Bonchev–Trinajstić information content (AvgIpc) is 3.11. The van der Waals surface area contributed by atoms with Crippen molar-refractivity contribution in [3.05, 3.63) is 119 Å². The third kappa shape index (κ3) is 9.71. The van der Waals surface area contributed by atoms with Crippen molar-refractivity contribution in [2.45, 2.75) is 57.7 Å². The van der Waals surface area contributed by atoms with Crippen molar-refractivity contribution >= 4 is 47.6 Å². The number of hydrogen-bond donors (Lipinski definition) is 1. The molecule has 5 rings (SSSR count). The quantitative estimate of drug-likeness (QED) is 0.111. The van der Waals surface area contributed by atoms with Crippen LogP contribution in [-0.2, 0) is 33.4 Å². The lowest BCUT2D eigenvalue weighted by molar-refractivity contribution is -0.153. The predicted molar refractivity (Wildman–Crippen MR) is 193 cm³/mol. The van der Waals surface area contributed by atoms with Crippen molar-refractivity contribution < 1.29 is 52.5 Å². The number of alkyl carbamates (subject to hydrolysis) is 1. The Morgan fingerprint density at radius 2 is 1.47 bits per heavy atom. The molecule has 2 heterocycles. The monoisotopic (exact) mass is 742 g/mol. The summed E-state index contributed by atoms with van der Waals surface area (Å²) in [7, 11) is 0. The Kier molecular flexibility index (Phi) is 12.0. The number of ether oxygens (including phenoxy) is 5. The summed E-state index contributed by atoms with van der Waals surface area (Å²) in [6.07, 6.45) is 1.52. The van der Waals surface area contributed by atoms with Crippen LogP contribution in [-0.4, -0.2) is 70.2 Å². The molecule has 3 aromatic carbocycles. The molecule has 1 N–H and O–H groups in total. The summed E-state index contributed by atoms with van der Waals surface area (Å²) in [6.45, 7) is 7.23. The molecule has 3 aromatic rings. The molecule has 0 saturated carbocycles. The number of hydrogen-bond acceptors (Lipinski definition) is 12. The van der Waals surface area contributed by atoms with E-state index in [1.54, 1.807) is 26.8 Å². The maximum Gasteiger partial charge on any atom is 0.408 e. The maximum atomic E-state index is 14.2. The summed E-state index contributed by atoms with van der Waals surface area (Å²) in [4.78, 5) is 77.5. The lowest BCUT2D eigenvalue weighted by Crippen LogP contribution is -2.70. The maximum absolute atomic E-state index is 14.2. The van der Waals surface area contributed by atoms with E-state index in [4.69, 9.17) is 23.7 Å². The van der Waals surface area contributed by atoms with Crippen molar-refractivity contribution in [3.63, 3.8) is 0 Å². The molecule has 2 atom stereocenters. The van der Waals surface area contributed by atoms with Crippen LogP contribution in [0.15, 0.2) is 102 Å². The van der Waals surface area contributed by atoms with Gasteiger partial charge in [0.2, 0.25) is 0 Å². The molecule has 2 amide bonds. The van der Waals surface area contributed by atoms with Crippen LogP contribution in [0.5, 0.6) is 11.5 Å². The van der Waals surface area contributed by atoms with Crippen molar-refractivity contribution in [2.75, 3.05) is 12.4 Å². The predicted octanol–water partition coefficient (Wildman–Crippen LogP) is 5.65. The van der Waals surface area contributed by atoms with Crippen LogP contribution >= 0.6 is 11.8 Å². The van der Waals surface area contributed by atoms with Gasteiger partial charge >= 0.3 is 30.0 Å². The third-order valence-corrected chi connectivity index (χ3v) is 8.91. The van der Waals surface area contributed by atoms with E-state index in [-0.39, 0.29) is 35.1 Å². The van der Waals surface area contributed by atoms with Crippen LogP contribution in [0.4, 0.5) is 4.79 Å². The first-order valence-corrected chi connectivity index (χ1v) is 17.6. The minimum absolute atomic E-state index is 0.00693. The number of rotatable bonds is 11. The number of nitrogens with one attached hydrogen (secondary N) is 1. The normalized spacial score (nSPS) is 16.7. The number of fused-ring (bicyclic) bond motifs is 1. The second kappa shape index (κ2) is 16.6. The van der Waals surface area contributed by atoms with E-state index >= 15 is 0 Å². The highest BCUT2D eigenvalue weighted by Crippen LogP contribution is 2.42. The molecule has 1 saturated heterocycles. The van der Waals surface area contributed by atoms with Gasteiger partial charge in [0.15, 0.2) is 17.6 Å². The van der Waals surface area contributed by atoms with Crippen LogP contribution in [0, 0.1) is 0 Å². The van der Waals surface area contributed by atoms with Gasteiger partial charge in [0.05, 0.1) is 5.56 Å². The summed E-state index contributed by atoms with van der Waals surface area (Å²) >= 11 is 1.33. The van der Waals surface area contributed by atoms with Crippen molar-refractivity contribution in [3.8, 4) is 11.5 Å². The molecule has 276 valence electrons. The van der Waals surface area contributed by atoms with E-state index in [2.05, 4.69) is 5.32 Å². The van der Waals surface area contributed by atoms with Crippen molar-refractivity contribution in [2.24, 2.45) is 0 Å². The van der Waals surface area contributed by atoms with Gasteiger partial charge in [-0.2, -0.15) is 0 Å². The van der Waals surface area contributed by atoms with E-state index in [9.17, 15) is 28.8 Å². The van der Waals surface area contributed by atoms with Crippen molar-refractivity contribution in [1.29, 1.82) is 0 Å². The van der Waals surface area contributed by atoms with Gasteiger partial charge < -0.3 is 29.0 Å². The first-order valence-electron chi connectivity index (χ1n) is 16.5. The first kappa shape index (κ1) is 38.3. The fraction of sp³-hybridized carbons (Fsp3) is 0.282. The van der Waals surface area contributed by atoms with Gasteiger partial charge in [-0.25, -0.2) is 14.4 Å². The topological polar surface area (TPSA) is 164 Å². The molecule has 0 bridgehead atoms. The number of thioether (sulfide) groups is 1. The molecule has 0 aliphatic carbocycles. The molecule has 0 radical (unpaired) electrons. The van der Waals surface area contributed by atoms with Gasteiger partial charge in [-0.05, 0) is 61.7 Å². The molecule has 1 unspecified atom stereocenters. The SMILES string of the molecule is CC(=O)Oc1ccc(C(=O)OCC=CC2=C(C(=O)OC(c3ccccc3)c3ccccc3)N3C(=O)C(NC(=O)OC(C)(C)C)[C@@H]3SC2)cc1OC(C)=O. The zero-order valence-corrected chi connectivity index (χ0v) is 30.5. The number of esters is 4. The van der Waals surface area contributed by atoms with Gasteiger partial charge in [0.25, 0.3) is 5.91 Å². The third-order valence-electron chi connectivity index (χ3n) is 7.61. The average molecular weight is 743 g/mol. The van der Waals surface area contributed by atoms with E-state index in [0.29, 0.717) is 5.57 Å². The van der Waals surface area contributed by atoms with E-state index in [1.165, 1.54) is 47.9 Å². The number of benzene rings is 3. The summed E-state index contributed by atoms with van der Waals surface area (Å²) in [5, 5.41) is 2.01. The minimum atomic E-state index is -0.938. The summed E-state index contributed by atoms with van der Waals surface area (Å²) < 4.78 is 27.0. The number of carbonyl (C=O) groups is 6. The molecule has 13 nitrogen and oxygen atoms in total. The van der Waals surface area contributed by atoms with Gasteiger partial charge in [-0.3, -0.25) is 19.3 Å². The summed E-state index contributed by atoms with van der Waals surface area (Å²) in [6, 6.07) is 21.3. The highest BCUT2D eigenvalue weighted by atomic mass is 32.2. The Morgan fingerprint density at radius 3 is 2.06 bits per heavy atom. The van der Waals surface area contributed by atoms with Gasteiger partial charge in [-0.15, -0.1) is 11.8 Å². The molecule has 0 aromatic heterocycles. The minimum Gasteiger partial charge on any atom is -0.458 e. The molecular weight excluding hydrogens is 704 g/mol. The Bertz CT molecular complexity index is 1910. The van der Waals surface area contributed by atoms with Crippen LogP contribution in [0.1, 0.15) is 62.2 Å². The Balaban J connectivity index is 1.39. The standard InChI is InChI=1S/C39H38N2O11S/c1-23(42)49-29-19-18-27(21-30(29)50-24(2)43)36(45)48-20-12-17-28-22-53-35-31(40-38(47)52-39(3,4)5)34(44)41(35)32(28)37(46)51-33(25-13-8-6-9-14-25)26-15-10-7-11-16-26/h6-19,21,31,33,35H,20,22H2,1-5H3,(H,40,47)/t31?,35-/m0/s1. The fourth-order valence-electron chi connectivity index (χ4n) is 5.45. The largest absolute Gasteiger partial charge is 0.458 e. The summed E-state index contributed by atoms with van der Waals surface area (Å²) in [5.74, 6) is -3.32. The second-order valence-electron chi connectivity index (χ2n) is 12.9. The van der Waals surface area contributed by atoms with Gasteiger partial charge in [-0.1, -0.05) is 66.7 Å². The zero-order chi connectivity index (χ0) is 38.3. The zero-order valence-electron chi connectivity index (χ0n) is 29.7. The Labute approximate surface area is 310 Å². The van der Waals surface area contributed by atoms with Gasteiger partial charge in [0.1, 0.15) is 29.3 Å². The Morgan fingerprint density at radius 1 is 0.868 bits per heavy atom. The molecular formula is C39H38N2O11S. The number of carbonyl (C=O) groups excluding carboxylic acids is 6. The molecule has 1 fully saturated rings. The number of amides is 2. The lowest BCUT2D eigenvalue weighted by Gasteiger charge is -2.49. The molecule has 14 heteroatoms. The second-order valence-corrected chi connectivity index (χ2v) is 14.0. The van der Waals surface area contributed by atoms with Crippen LogP contribution in [0.3, 0.4) is 0 Å². The number of nitrogens with zero attached hydrogens (tertiary/aromatic N) is 1. The number of β-lactam (4-membered cyclic amide) rings is 1. The highest BCUT2D eigenvalue weighted by molar-refractivity contribution is 8.00. The van der Waals surface area contributed by atoms with E-state index in [1.807, 2.05) is 60.7 Å². The summed E-state index contributed by atoms with van der Waals surface area (Å²) in [5.41, 5.74) is 1.10. The van der Waals surface area contributed by atoms with Crippen LogP contribution in [0.25, 0.3) is 0 Å². The Hall–Kier alpha value is -5.89. The van der Waals surface area contributed by atoms with Gasteiger partial charge in [0, 0.05) is 19.6 Å². The highest BCUT2D eigenvalue weighted by Gasteiger charge is 2.54. The molecule has 0 spiro atoms. The fourth-order valence-corrected chi connectivity index (χ4v) is 6.77. The first-order chi connectivity index (χ1) is 25.2. The van der Waals surface area contributed by atoms with Crippen LogP contribution < -0.4 is 14.8 Å². The van der Waals surface area contributed by atoms with E-state index < -0.39 is 59.0 Å². The molecule has 53 heavy (non-hydrogen) atoms. The van der Waals surface area contributed by atoms with Crippen molar-refractivity contribution in [1.82, 2.24) is 10.2 Å². The number of allylic oxidation sites excluding steroid dienone is 1. The molecule has 2 aliphatic rings. The smallest absolute Gasteiger partial charge is 0.408 e. The molecule has 2 aliphatic heterocycles.